The van der Waals surface area contributed by atoms with Crippen molar-refractivity contribution in [3.05, 3.63) is 59.8 Å². The first-order chi connectivity index (χ1) is 15.8. The maximum atomic E-state index is 14.1. The molecule has 0 amide bonds. The van der Waals surface area contributed by atoms with Gasteiger partial charge in [0.15, 0.2) is 6.23 Å². The van der Waals surface area contributed by atoms with Gasteiger partial charge in [-0.25, -0.2) is 8.78 Å². The summed E-state index contributed by atoms with van der Waals surface area (Å²) in [5.41, 5.74) is 1.64. The van der Waals surface area contributed by atoms with E-state index in [0.29, 0.717) is 37.9 Å². The largest absolute Gasteiger partial charge is 0.469 e. The number of hydrogen-bond acceptors (Lipinski definition) is 5. The molecular weight excluding hydrogens is 428 g/mol. The Bertz CT molecular complexity index is 767. The summed E-state index contributed by atoms with van der Waals surface area (Å²) < 4.78 is 32.7. The van der Waals surface area contributed by atoms with E-state index >= 15 is 0 Å². The lowest BCUT2D eigenvalue weighted by Crippen LogP contribution is -2.38. The number of allylic oxidation sites excluding steroid dienone is 3. The monoisotopic (exact) mass is 465 g/mol. The molecule has 0 radical (unpaired) electrons. The van der Waals surface area contributed by atoms with Gasteiger partial charge in [0.2, 0.25) is 0 Å². The molecule has 0 aliphatic carbocycles. The predicted octanol–water partition coefficient (Wildman–Crippen LogP) is 4.98. The van der Waals surface area contributed by atoms with Gasteiger partial charge in [-0.3, -0.25) is 4.79 Å². The number of methoxy groups -OCH3 is 1. The molecule has 0 saturated carbocycles. The summed E-state index contributed by atoms with van der Waals surface area (Å²) in [6.45, 7) is 0.316. The molecule has 1 aliphatic heterocycles. The van der Waals surface area contributed by atoms with Crippen LogP contribution in [-0.2, 0) is 16.0 Å². The number of alkyl halides is 2. The third-order valence-corrected chi connectivity index (χ3v) is 5.90. The number of nitrogens with zero attached hydrogens (tertiary/aromatic N) is 1. The number of likely N-dealkylation sites (tertiary alicyclic amines) is 1. The second kappa shape index (κ2) is 14.1. The van der Waals surface area contributed by atoms with Gasteiger partial charge in [0, 0.05) is 18.7 Å². The standard InChI is InChI=1S/C26H37F2NO4/c1-33-24(31)18-7-2-3-10-19-29-22(20-26(27,28)25(29)32)15-11-17-23(30)16-9-8-14-21-12-5-4-6-13-21/h4-6,11-13,15,17,23,25,30,32H,2-3,7-10,14,16,18-20H2,1H3/b17-11+,22-15+/t23-,25?/m0/s1. The fraction of sp³-hybridized carbons (Fsp3) is 0.577. The van der Waals surface area contributed by atoms with E-state index in [1.807, 2.05) is 18.2 Å². The minimum absolute atomic E-state index is 0.250. The molecule has 2 rings (SSSR count). The van der Waals surface area contributed by atoms with E-state index in [2.05, 4.69) is 16.9 Å². The van der Waals surface area contributed by atoms with Gasteiger partial charge in [0.05, 0.1) is 19.6 Å². The molecule has 1 fully saturated rings. The molecule has 5 nitrogen and oxygen atoms in total. The highest BCUT2D eigenvalue weighted by Crippen LogP contribution is 2.39. The Morgan fingerprint density at radius 1 is 1.18 bits per heavy atom. The Hall–Kier alpha value is -2.25. The highest BCUT2D eigenvalue weighted by molar-refractivity contribution is 5.68. The van der Waals surface area contributed by atoms with Gasteiger partial charge in [-0.05, 0) is 43.7 Å². The minimum Gasteiger partial charge on any atom is -0.469 e. The van der Waals surface area contributed by atoms with Gasteiger partial charge < -0.3 is 19.8 Å². The minimum atomic E-state index is -3.19. The average Bonchev–Trinajstić information content (AvgIpc) is 3.02. The normalized spacial score (nSPS) is 20.0. The summed E-state index contributed by atoms with van der Waals surface area (Å²) in [6, 6.07) is 10.2. The second-order valence-electron chi connectivity index (χ2n) is 8.59. The number of ether oxygens (including phenoxy) is 1. The van der Waals surface area contributed by atoms with Crippen molar-refractivity contribution in [3.8, 4) is 0 Å². The molecule has 1 aliphatic rings. The molecule has 1 aromatic carbocycles. The molecule has 2 atom stereocenters. The smallest absolute Gasteiger partial charge is 0.305 e. The van der Waals surface area contributed by atoms with Gasteiger partial charge in [0.1, 0.15) is 0 Å². The fourth-order valence-electron chi connectivity index (χ4n) is 3.97. The van der Waals surface area contributed by atoms with E-state index < -0.39 is 24.7 Å². The fourth-order valence-corrected chi connectivity index (χ4v) is 3.97. The van der Waals surface area contributed by atoms with Crippen LogP contribution in [-0.4, -0.2) is 53.0 Å². The van der Waals surface area contributed by atoms with Crippen LogP contribution < -0.4 is 0 Å². The molecule has 184 valence electrons. The van der Waals surface area contributed by atoms with Crippen LogP contribution >= 0.6 is 0 Å². The molecule has 1 saturated heterocycles. The Morgan fingerprint density at radius 3 is 2.64 bits per heavy atom. The van der Waals surface area contributed by atoms with E-state index in [-0.39, 0.29) is 5.97 Å². The van der Waals surface area contributed by atoms with E-state index in [4.69, 9.17) is 0 Å². The van der Waals surface area contributed by atoms with Crippen LogP contribution in [0.2, 0.25) is 0 Å². The number of esters is 1. The maximum absolute atomic E-state index is 14.1. The number of halogens is 2. The molecule has 0 spiro atoms. The highest BCUT2D eigenvalue weighted by atomic mass is 19.3. The van der Waals surface area contributed by atoms with Crippen molar-refractivity contribution >= 4 is 5.97 Å². The van der Waals surface area contributed by atoms with E-state index in [1.165, 1.54) is 17.6 Å². The zero-order chi connectivity index (χ0) is 24.1. The maximum Gasteiger partial charge on any atom is 0.305 e. The van der Waals surface area contributed by atoms with Gasteiger partial charge in [-0.1, -0.05) is 61.7 Å². The van der Waals surface area contributed by atoms with Crippen LogP contribution in [0.1, 0.15) is 63.4 Å². The number of unbranched alkanes of at least 4 members (excludes halogenated alkanes) is 4. The predicted molar refractivity (Wildman–Crippen MR) is 125 cm³/mol. The topological polar surface area (TPSA) is 70.0 Å². The lowest BCUT2D eigenvalue weighted by Gasteiger charge is -2.25. The van der Waals surface area contributed by atoms with E-state index in [0.717, 1.165) is 32.1 Å². The Kier molecular flexibility index (Phi) is 11.5. The summed E-state index contributed by atoms with van der Waals surface area (Å²) >= 11 is 0. The van der Waals surface area contributed by atoms with E-state index in [9.17, 15) is 23.8 Å². The third kappa shape index (κ3) is 9.64. The van der Waals surface area contributed by atoms with Crippen molar-refractivity contribution in [2.75, 3.05) is 13.7 Å². The summed E-state index contributed by atoms with van der Waals surface area (Å²) in [5, 5.41) is 20.2. The van der Waals surface area contributed by atoms with Crippen LogP contribution in [0.4, 0.5) is 8.78 Å². The Morgan fingerprint density at radius 2 is 1.91 bits per heavy atom. The number of rotatable bonds is 14. The number of aryl methyl sites for hydroxylation is 1. The van der Waals surface area contributed by atoms with Crippen molar-refractivity contribution in [2.45, 2.75) is 82.5 Å². The lowest BCUT2D eigenvalue weighted by molar-refractivity contribution is -0.140. The molecule has 2 N–H and O–H groups in total. The molecule has 0 bridgehead atoms. The Labute approximate surface area is 195 Å². The van der Waals surface area contributed by atoms with E-state index in [1.54, 1.807) is 18.2 Å². The number of aliphatic hydroxyl groups is 2. The van der Waals surface area contributed by atoms with Crippen LogP contribution in [0.25, 0.3) is 0 Å². The SMILES string of the molecule is COC(=O)CCCCCCN1/C(=C/C=C/[C@@H](O)CCCCc2ccccc2)CC(F)(F)C1O. The van der Waals surface area contributed by atoms with Crippen LogP contribution in [0, 0.1) is 0 Å². The number of benzene rings is 1. The summed E-state index contributed by atoms with van der Waals surface area (Å²) in [4.78, 5) is 12.5. The number of hydrogen-bond donors (Lipinski definition) is 2. The summed E-state index contributed by atoms with van der Waals surface area (Å²) in [7, 11) is 1.35. The summed E-state index contributed by atoms with van der Waals surface area (Å²) in [6.07, 6.45) is 8.47. The van der Waals surface area contributed by atoms with Gasteiger partial charge >= 0.3 is 5.97 Å². The summed E-state index contributed by atoms with van der Waals surface area (Å²) in [5.74, 6) is -3.44. The number of carbonyl (C=O) groups is 1. The zero-order valence-electron chi connectivity index (χ0n) is 19.5. The Balaban J connectivity index is 1.75. The van der Waals surface area contributed by atoms with Gasteiger partial charge in [0.25, 0.3) is 5.92 Å². The molecule has 1 unspecified atom stereocenters. The third-order valence-electron chi connectivity index (χ3n) is 5.90. The lowest BCUT2D eigenvalue weighted by atomic mass is 10.1. The molecular formula is C26H37F2NO4. The first-order valence-corrected chi connectivity index (χ1v) is 11.8. The van der Waals surface area contributed by atoms with Crippen molar-refractivity contribution in [1.29, 1.82) is 0 Å². The van der Waals surface area contributed by atoms with Crippen molar-refractivity contribution < 1.29 is 28.5 Å². The van der Waals surface area contributed by atoms with Crippen molar-refractivity contribution in [3.63, 3.8) is 0 Å². The number of carbonyl (C=O) groups excluding carboxylic acids is 1. The quantitative estimate of drug-likeness (QED) is 0.299. The number of aliphatic hydroxyl groups excluding tert-OH is 2. The van der Waals surface area contributed by atoms with Gasteiger partial charge in [-0.2, -0.15) is 0 Å². The first-order valence-electron chi connectivity index (χ1n) is 11.8. The molecule has 1 aromatic rings. The molecule has 1 heterocycles. The molecule has 33 heavy (non-hydrogen) atoms. The molecule has 0 aromatic heterocycles. The zero-order valence-corrected chi connectivity index (χ0v) is 19.5. The van der Waals surface area contributed by atoms with Crippen molar-refractivity contribution in [2.24, 2.45) is 0 Å². The van der Waals surface area contributed by atoms with Crippen molar-refractivity contribution in [1.82, 2.24) is 4.90 Å². The van der Waals surface area contributed by atoms with Crippen LogP contribution in [0.3, 0.4) is 0 Å². The highest BCUT2D eigenvalue weighted by Gasteiger charge is 2.50. The van der Waals surface area contributed by atoms with Gasteiger partial charge in [-0.15, -0.1) is 0 Å². The van der Waals surface area contributed by atoms with Crippen LogP contribution in [0.15, 0.2) is 54.3 Å². The van der Waals surface area contributed by atoms with Crippen LogP contribution in [0.5, 0.6) is 0 Å². The molecule has 7 heteroatoms. The first kappa shape index (κ1) is 27.0. The average molecular weight is 466 g/mol. The second-order valence-corrected chi connectivity index (χ2v) is 8.59.